The molecule has 0 aliphatic carbocycles. The van der Waals surface area contributed by atoms with Gasteiger partial charge in [0.25, 0.3) is 0 Å². The molecule has 1 fully saturated rings. The number of alkyl halides is 2. The molecule has 4 rings (SSSR count). The Hall–Kier alpha value is -2.29. The number of halogens is 2. The fraction of sp³-hybridized carbons (Fsp3) is 0.455. The highest BCUT2D eigenvalue weighted by Gasteiger charge is 2.56. The number of benzene rings is 1. The van der Waals surface area contributed by atoms with Crippen molar-refractivity contribution in [1.82, 2.24) is 24.6 Å². The van der Waals surface area contributed by atoms with Gasteiger partial charge in [-0.25, -0.2) is 10.1 Å². The number of nitrogen functional groups attached to an aromatic ring is 2. The van der Waals surface area contributed by atoms with E-state index in [0.29, 0.717) is 5.75 Å². The van der Waals surface area contributed by atoms with E-state index in [4.69, 9.17) is 65.0 Å². The van der Waals surface area contributed by atoms with Gasteiger partial charge in [0.2, 0.25) is 5.95 Å². The molecule has 0 saturated carbocycles. The third-order valence-electron chi connectivity index (χ3n) is 5.53. The summed E-state index contributed by atoms with van der Waals surface area (Å²) in [5, 5.41) is 13.9. The number of nitrogens with one attached hydrogen (secondary N) is 1. The molecule has 5 atom stereocenters. The van der Waals surface area contributed by atoms with E-state index in [1.165, 1.54) is 10.9 Å². The Morgan fingerprint density at radius 3 is 2.64 bits per heavy atom. The van der Waals surface area contributed by atoms with E-state index >= 15 is 0 Å². The summed E-state index contributed by atoms with van der Waals surface area (Å²) in [4.78, 5) is 24.7. The first-order chi connectivity index (χ1) is 18.3. The Labute approximate surface area is 239 Å². The first-order valence-electron chi connectivity index (χ1n) is 11.7. The third kappa shape index (κ3) is 6.55. The lowest BCUT2D eigenvalue weighted by molar-refractivity contribution is -0.149. The SMILES string of the molecule is CC(C)OC(=O)[C@H](C)N[P@@](=S)(OC[C@H]1O[C@@H](n2cnc3c(N)nc(N)nc32)C(Cl)(Cl)[C@@H]1O)Oc1ccccc1. The largest absolute Gasteiger partial charge is 0.462 e. The van der Waals surface area contributed by atoms with Crippen LogP contribution < -0.4 is 21.1 Å². The highest BCUT2D eigenvalue weighted by atomic mass is 35.5. The monoisotopic (exact) mass is 619 g/mol. The number of nitrogens with two attached hydrogens (primary N) is 2. The van der Waals surface area contributed by atoms with Crippen LogP contribution in [0.25, 0.3) is 11.2 Å². The van der Waals surface area contributed by atoms with Gasteiger partial charge in [-0.2, -0.15) is 9.97 Å². The van der Waals surface area contributed by atoms with Crippen molar-refractivity contribution < 1.29 is 28.4 Å². The summed E-state index contributed by atoms with van der Waals surface area (Å²) >= 11 is 18.8. The van der Waals surface area contributed by atoms with E-state index in [9.17, 15) is 9.90 Å². The summed E-state index contributed by atoms with van der Waals surface area (Å²) in [5.74, 6) is -0.165. The van der Waals surface area contributed by atoms with Crippen molar-refractivity contribution in [2.24, 2.45) is 0 Å². The van der Waals surface area contributed by atoms with Crippen LogP contribution in [0.1, 0.15) is 27.0 Å². The molecule has 212 valence electrons. The lowest BCUT2D eigenvalue weighted by Crippen LogP contribution is -2.39. The van der Waals surface area contributed by atoms with Gasteiger partial charge in [0, 0.05) is 0 Å². The molecule has 13 nitrogen and oxygen atoms in total. The predicted octanol–water partition coefficient (Wildman–Crippen LogP) is 2.67. The van der Waals surface area contributed by atoms with E-state index in [1.54, 1.807) is 45.0 Å². The van der Waals surface area contributed by atoms with E-state index in [0.717, 1.165) is 0 Å². The summed E-state index contributed by atoms with van der Waals surface area (Å²) in [6, 6.07) is 7.83. The lowest BCUT2D eigenvalue weighted by atomic mass is 10.2. The molecule has 0 spiro atoms. The van der Waals surface area contributed by atoms with Crippen LogP contribution in [0.3, 0.4) is 0 Å². The van der Waals surface area contributed by atoms with Gasteiger partial charge in [0.05, 0.1) is 19.0 Å². The second-order valence-corrected chi connectivity index (χ2v) is 13.6. The molecule has 1 aromatic carbocycles. The number of rotatable bonds is 10. The molecule has 1 saturated heterocycles. The summed E-state index contributed by atoms with van der Waals surface area (Å²) < 4.78 is 22.8. The fourth-order valence-corrected chi connectivity index (χ4v) is 6.75. The summed E-state index contributed by atoms with van der Waals surface area (Å²) in [6.07, 6.45) is -2.65. The first-order valence-corrected chi connectivity index (χ1v) is 15.1. The zero-order valence-corrected chi connectivity index (χ0v) is 24.3. The minimum Gasteiger partial charge on any atom is -0.462 e. The molecule has 6 N–H and O–H groups in total. The molecule has 0 radical (unpaired) electrons. The molecule has 2 aromatic heterocycles. The van der Waals surface area contributed by atoms with Crippen LogP contribution in [-0.4, -0.2) is 65.9 Å². The number of carbonyl (C=O) groups excluding carboxylic acids is 1. The molecule has 1 aliphatic heterocycles. The Kier molecular flexibility index (Phi) is 8.89. The van der Waals surface area contributed by atoms with Crippen molar-refractivity contribution in [2.45, 2.75) is 55.7 Å². The number of imidazole rings is 1. The van der Waals surface area contributed by atoms with E-state index in [-0.39, 0.29) is 35.6 Å². The number of para-hydroxylation sites is 1. The highest BCUT2D eigenvalue weighted by Crippen LogP contribution is 2.50. The van der Waals surface area contributed by atoms with Crippen molar-refractivity contribution in [3.05, 3.63) is 36.7 Å². The Morgan fingerprint density at radius 2 is 1.97 bits per heavy atom. The minimum absolute atomic E-state index is 0.0550. The van der Waals surface area contributed by atoms with Gasteiger partial charge in [0.1, 0.15) is 29.5 Å². The number of anilines is 2. The standard InChI is InChI=1S/C22H28Cl2N7O6PS/c1-11(2)35-19(33)12(3)30-38(39,37-13-7-5-4-6-8-13)34-9-14-16(32)22(23,24)20(36-14)31-10-27-15-17(25)28-21(26)29-18(15)31/h4-8,10-12,14,16,20,32H,9H2,1-3H3,(H,30,39)(H4,25,26,28,29)/t12-,14+,16+,20+,38+/m0/s1. The number of aliphatic hydroxyl groups excluding tert-OH is 1. The predicted molar refractivity (Wildman–Crippen MR) is 150 cm³/mol. The molecule has 0 unspecified atom stereocenters. The quantitative estimate of drug-likeness (QED) is 0.148. The van der Waals surface area contributed by atoms with Crippen molar-refractivity contribution in [3.8, 4) is 5.75 Å². The second kappa shape index (κ2) is 11.7. The average molecular weight is 620 g/mol. The topological polar surface area (TPSA) is 182 Å². The molecular formula is C22H28Cl2N7O6PS. The van der Waals surface area contributed by atoms with E-state index < -0.39 is 41.4 Å². The van der Waals surface area contributed by atoms with Crippen LogP contribution in [0, 0.1) is 0 Å². The zero-order valence-electron chi connectivity index (χ0n) is 21.1. The number of aromatic nitrogens is 4. The Bertz CT molecular complexity index is 1380. The number of fused-ring (bicyclic) bond motifs is 1. The van der Waals surface area contributed by atoms with Crippen LogP contribution in [0.2, 0.25) is 0 Å². The summed E-state index contributed by atoms with van der Waals surface area (Å²) in [6.45, 7) is 1.33. The summed E-state index contributed by atoms with van der Waals surface area (Å²) in [5.41, 5.74) is 12.1. The highest BCUT2D eigenvalue weighted by molar-refractivity contribution is 8.09. The van der Waals surface area contributed by atoms with Crippen LogP contribution in [0.15, 0.2) is 36.7 Å². The summed E-state index contributed by atoms with van der Waals surface area (Å²) in [7, 11) is 0. The zero-order chi connectivity index (χ0) is 28.5. The van der Waals surface area contributed by atoms with Crippen molar-refractivity contribution in [1.29, 1.82) is 0 Å². The number of hydrogen-bond donors (Lipinski definition) is 4. The molecular weight excluding hydrogens is 592 g/mol. The molecule has 1 aliphatic rings. The normalized spacial score (nSPS) is 23.0. The molecule has 0 bridgehead atoms. The lowest BCUT2D eigenvalue weighted by Gasteiger charge is -2.28. The van der Waals surface area contributed by atoms with Crippen molar-refractivity contribution >= 4 is 70.6 Å². The van der Waals surface area contributed by atoms with Gasteiger partial charge in [-0.05, 0) is 44.7 Å². The van der Waals surface area contributed by atoms with Gasteiger partial charge in [0.15, 0.2) is 22.0 Å². The second-order valence-electron chi connectivity index (χ2n) is 8.97. The third-order valence-corrected chi connectivity index (χ3v) is 8.85. The van der Waals surface area contributed by atoms with Crippen LogP contribution >= 0.6 is 29.8 Å². The van der Waals surface area contributed by atoms with Gasteiger partial charge in [-0.15, -0.1) is 0 Å². The van der Waals surface area contributed by atoms with E-state index in [2.05, 4.69) is 20.0 Å². The number of hydrogen-bond acceptors (Lipinski definition) is 12. The number of nitrogens with zero attached hydrogens (tertiary/aromatic N) is 4. The maximum absolute atomic E-state index is 12.4. The maximum atomic E-state index is 12.4. The number of esters is 1. The van der Waals surface area contributed by atoms with Crippen molar-refractivity contribution in [2.75, 3.05) is 18.1 Å². The van der Waals surface area contributed by atoms with E-state index in [1.807, 2.05) is 6.07 Å². The Balaban J connectivity index is 1.55. The van der Waals surface area contributed by atoms with Gasteiger partial charge in [-0.1, -0.05) is 41.4 Å². The van der Waals surface area contributed by atoms with Gasteiger partial charge >= 0.3 is 12.6 Å². The van der Waals surface area contributed by atoms with Crippen LogP contribution in [0.4, 0.5) is 11.8 Å². The van der Waals surface area contributed by atoms with Gasteiger partial charge < -0.3 is 35.1 Å². The van der Waals surface area contributed by atoms with Crippen LogP contribution in [0.5, 0.6) is 5.75 Å². The number of ether oxygens (including phenoxy) is 2. The first kappa shape index (κ1) is 29.7. The van der Waals surface area contributed by atoms with Gasteiger partial charge in [-0.3, -0.25) is 9.36 Å². The number of aliphatic hydroxyl groups is 1. The fourth-order valence-electron chi connectivity index (χ4n) is 3.74. The minimum atomic E-state index is -3.42. The molecule has 0 amide bonds. The Morgan fingerprint density at radius 1 is 1.28 bits per heavy atom. The maximum Gasteiger partial charge on any atom is 0.323 e. The molecule has 17 heteroatoms. The molecule has 3 aromatic rings. The van der Waals surface area contributed by atoms with Crippen molar-refractivity contribution in [3.63, 3.8) is 0 Å². The smallest absolute Gasteiger partial charge is 0.323 e. The number of carbonyl (C=O) groups is 1. The molecule has 39 heavy (non-hydrogen) atoms. The average Bonchev–Trinajstić information content (AvgIpc) is 3.36. The van der Waals surface area contributed by atoms with Crippen LogP contribution in [-0.2, 0) is 30.6 Å². The molecule has 3 heterocycles.